The maximum absolute atomic E-state index is 9.37. The smallest absolute Gasteiger partial charge is 0.0574 e. The Kier molecular flexibility index (Phi) is 3.64. The van der Waals surface area contributed by atoms with Crippen LogP contribution in [0.5, 0.6) is 0 Å². The Hall–Kier alpha value is -0.300. The van der Waals surface area contributed by atoms with Crippen LogP contribution in [-0.2, 0) is 0 Å². The second-order valence-electron chi connectivity index (χ2n) is 3.37. The summed E-state index contributed by atoms with van der Waals surface area (Å²) < 4.78 is 0. The molecule has 1 atom stereocenters. The lowest BCUT2D eigenvalue weighted by Gasteiger charge is -2.15. The molecule has 0 aromatic rings. The van der Waals surface area contributed by atoms with Crippen molar-refractivity contribution in [1.82, 2.24) is 0 Å². The first kappa shape index (κ1) is 8.79. The van der Waals surface area contributed by atoms with Gasteiger partial charge in [0.25, 0.3) is 0 Å². The van der Waals surface area contributed by atoms with Crippen LogP contribution in [0.4, 0.5) is 0 Å². The van der Waals surface area contributed by atoms with E-state index in [9.17, 15) is 5.11 Å². The molecule has 1 heteroatoms. The third-order valence-electron chi connectivity index (χ3n) is 2.35. The Balaban J connectivity index is 2.29. The number of rotatable bonds is 3. The molecule has 1 nitrogen and oxygen atoms in total. The molecule has 1 unspecified atom stereocenters. The lowest BCUT2D eigenvalue weighted by Crippen LogP contribution is -2.07. The highest BCUT2D eigenvalue weighted by molar-refractivity contribution is 5.05. The van der Waals surface area contributed by atoms with E-state index in [-0.39, 0.29) is 6.10 Å². The summed E-state index contributed by atoms with van der Waals surface area (Å²) in [6, 6.07) is 0. The summed E-state index contributed by atoms with van der Waals surface area (Å²) in [7, 11) is 0. The molecule has 0 amide bonds. The SMILES string of the molecule is CCC(O)CC1=CCCCC1. The quantitative estimate of drug-likeness (QED) is 0.619. The van der Waals surface area contributed by atoms with Crippen LogP contribution in [0.15, 0.2) is 11.6 Å². The first-order valence-corrected chi connectivity index (χ1v) is 4.69. The van der Waals surface area contributed by atoms with Crippen LogP contribution in [0, 0.1) is 0 Å². The van der Waals surface area contributed by atoms with Crippen LogP contribution in [0.25, 0.3) is 0 Å². The summed E-state index contributed by atoms with van der Waals surface area (Å²) in [5.74, 6) is 0. The van der Waals surface area contributed by atoms with Crippen molar-refractivity contribution in [2.75, 3.05) is 0 Å². The van der Waals surface area contributed by atoms with Crippen molar-refractivity contribution >= 4 is 0 Å². The molecule has 0 aromatic carbocycles. The monoisotopic (exact) mass is 154 g/mol. The number of aliphatic hydroxyl groups excluding tert-OH is 1. The largest absolute Gasteiger partial charge is 0.393 e. The fourth-order valence-corrected chi connectivity index (χ4v) is 1.54. The Morgan fingerprint density at radius 3 is 2.91 bits per heavy atom. The predicted molar refractivity (Wildman–Crippen MR) is 47.5 cm³/mol. The van der Waals surface area contributed by atoms with Gasteiger partial charge in [0, 0.05) is 0 Å². The van der Waals surface area contributed by atoms with Gasteiger partial charge >= 0.3 is 0 Å². The molecule has 1 N–H and O–H groups in total. The summed E-state index contributed by atoms with van der Waals surface area (Å²) in [6.07, 6.45) is 9.12. The summed E-state index contributed by atoms with van der Waals surface area (Å²) in [5.41, 5.74) is 1.48. The Morgan fingerprint density at radius 2 is 2.36 bits per heavy atom. The summed E-state index contributed by atoms with van der Waals surface area (Å²) >= 11 is 0. The van der Waals surface area contributed by atoms with Gasteiger partial charge in [0.1, 0.15) is 0 Å². The number of hydrogen-bond donors (Lipinski definition) is 1. The van der Waals surface area contributed by atoms with Gasteiger partial charge in [-0.15, -0.1) is 0 Å². The molecule has 0 saturated carbocycles. The third-order valence-corrected chi connectivity index (χ3v) is 2.35. The Labute approximate surface area is 69.1 Å². The molecule has 1 rings (SSSR count). The number of aliphatic hydroxyl groups is 1. The highest BCUT2D eigenvalue weighted by Crippen LogP contribution is 2.21. The van der Waals surface area contributed by atoms with Crippen LogP contribution < -0.4 is 0 Å². The van der Waals surface area contributed by atoms with E-state index in [0.717, 1.165) is 12.8 Å². The van der Waals surface area contributed by atoms with Gasteiger partial charge in [0.05, 0.1) is 6.10 Å². The van der Waals surface area contributed by atoms with Crippen molar-refractivity contribution in [3.8, 4) is 0 Å². The topological polar surface area (TPSA) is 20.2 Å². The van der Waals surface area contributed by atoms with Crippen molar-refractivity contribution in [3.63, 3.8) is 0 Å². The summed E-state index contributed by atoms with van der Waals surface area (Å²) in [6.45, 7) is 2.04. The summed E-state index contributed by atoms with van der Waals surface area (Å²) in [5, 5.41) is 9.37. The minimum atomic E-state index is -0.0978. The van der Waals surface area contributed by atoms with E-state index in [0.29, 0.717) is 0 Å². The van der Waals surface area contributed by atoms with Crippen LogP contribution >= 0.6 is 0 Å². The maximum atomic E-state index is 9.37. The fourth-order valence-electron chi connectivity index (χ4n) is 1.54. The van der Waals surface area contributed by atoms with Crippen LogP contribution in [0.2, 0.25) is 0 Å². The Bertz CT molecular complexity index is 138. The molecule has 0 heterocycles. The average molecular weight is 154 g/mol. The fraction of sp³-hybridized carbons (Fsp3) is 0.800. The molecular weight excluding hydrogens is 136 g/mol. The van der Waals surface area contributed by atoms with Gasteiger partial charge in [-0.2, -0.15) is 0 Å². The van der Waals surface area contributed by atoms with E-state index >= 15 is 0 Å². The molecule has 1 aliphatic rings. The zero-order chi connectivity index (χ0) is 8.10. The van der Waals surface area contributed by atoms with E-state index in [1.807, 2.05) is 6.92 Å². The zero-order valence-electron chi connectivity index (χ0n) is 7.34. The molecule has 0 aromatic heterocycles. The van der Waals surface area contributed by atoms with E-state index < -0.39 is 0 Å². The van der Waals surface area contributed by atoms with Gasteiger partial charge in [0.2, 0.25) is 0 Å². The van der Waals surface area contributed by atoms with Crippen molar-refractivity contribution in [2.24, 2.45) is 0 Å². The standard InChI is InChI=1S/C10H18O/c1-2-10(11)8-9-6-4-3-5-7-9/h6,10-11H,2-5,7-8H2,1H3. The van der Waals surface area contributed by atoms with Gasteiger partial charge in [-0.3, -0.25) is 0 Å². The minimum absolute atomic E-state index is 0.0978. The molecule has 0 bridgehead atoms. The molecule has 0 saturated heterocycles. The lowest BCUT2D eigenvalue weighted by atomic mass is 9.95. The zero-order valence-corrected chi connectivity index (χ0v) is 7.34. The molecule has 0 spiro atoms. The normalized spacial score (nSPS) is 21.1. The highest BCUT2D eigenvalue weighted by atomic mass is 16.3. The van der Waals surface area contributed by atoms with Crippen LogP contribution in [0.1, 0.15) is 45.4 Å². The molecule has 0 fully saturated rings. The number of allylic oxidation sites excluding steroid dienone is 1. The van der Waals surface area contributed by atoms with Gasteiger partial charge in [0.15, 0.2) is 0 Å². The first-order valence-electron chi connectivity index (χ1n) is 4.69. The van der Waals surface area contributed by atoms with Gasteiger partial charge in [-0.05, 0) is 38.5 Å². The lowest BCUT2D eigenvalue weighted by molar-refractivity contribution is 0.169. The molecule has 0 radical (unpaired) electrons. The van der Waals surface area contributed by atoms with Crippen molar-refractivity contribution in [2.45, 2.75) is 51.6 Å². The van der Waals surface area contributed by atoms with Gasteiger partial charge in [-0.1, -0.05) is 18.6 Å². The molecule has 1 aliphatic carbocycles. The number of hydrogen-bond acceptors (Lipinski definition) is 1. The predicted octanol–water partition coefficient (Wildman–Crippen LogP) is 2.65. The first-order chi connectivity index (χ1) is 5.33. The van der Waals surface area contributed by atoms with Crippen molar-refractivity contribution < 1.29 is 5.11 Å². The van der Waals surface area contributed by atoms with Crippen molar-refractivity contribution in [1.29, 1.82) is 0 Å². The third kappa shape index (κ3) is 3.06. The maximum Gasteiger partial charge on any atom is 0.0574 e. The van der Waals surface area contributed by atoms with Gasteiger partial charge < -0.3 is 5.11 Å². The van der Waals surface area contributed by atoms with E-state index in [2.05, 4.69) is 6.08 Å². The minimum Gasteiger partial charge on any atom is -0.393 e. The van der Waals surface area contributed by atoms with E-state index in [1.165, 1.54) is 31.3 Å². The molecule has 64 valence electrons. The highest BCUT2D eigenvalue weighted by Gasteiger charge is 2.07. The molecule has 0 aliphatic heterocycles. The second kappa shape index (κ2) is 4.55. The Morgan fingerprint density at radius 1 is 1.55 bits per heavy atom. The second-order valence-corrected chi connectivity index (χ2v) is 3.37. The van der Waals surface area contributed by atoms with Crippen LogP contribution in [0.3, 0.4) is 0 Å². The average Bonchev–Trinajstić information content (AvgIpc) is 2.06. The van der Waals surface area contributed by atoms with Gasteiger partial charge in [-0.25, -0.2) is 0 Å². The summed E-state index contributed by atoms with van der Waals surface area (Å²) in [4.78, 5) is 0. The molecule has 11 heavy (non-hydrogen) atoms. The molecular formula is C10H18O. The van der Waals surface area contributed by atoms with Crippen molar-refractivity contribution in [3.05, 3.63) is 11.6 Å². The van der Waals surface area contributed by atoms with Crippen LogP contribution in [-0.4, -0.2) is 11.2 Å². The van der Waals surface area contributed by atoms with E-state index in [1.54, 1.807) is 0 Å². The van der Waals surface area contributed by atoms with E-state index in [4.69, 9.17) is 0 Å².